The van der Waals surface area contributed by atoms with Gasteiger partial charge in [-0.3, -0.25) is 14.7 Å². The maximum Gasteiger partial charge on any atom is 0.266 e. The van der Waals surface area contributed by atoms with Crippen LogP contribution in [0.4, 0.5) is 0 Å². The molecule has 1 amide bonds. The number of hydrogen-bond acceptors (Lipinski definition) is 6. The van der Waals surface area contributed by atoms with Gasteiger partial charge in [0.2, 0.25) is 5.75 Å². The highest BCUT2D eigenvalue weighted by Gasteiger charge is 2.33. The fourth-order valence-electron chi connectivity index (χ4n) is 2.85. The topological polar surface area (TPSA) is 60.4 Å². The van der Waals surface area contributed by atoms with Crippen LogP contribution in [-0.2, 0) is 4.79 Å². The smallest absolute Gasteiger partial charge is 0.266 e. The number of carbonyl (C=O) groups is 1. The Morgan fingerprint density at radius 1 is 1.04 bits per heavy atom. The number of unbranched alkanes of at least 4 members (excludes halogenated alkanes) is 2. The third kappa shape index (κ3) is 5.01. The molecule has 1 aromatic rings. The Bertz CT molecular complexity index is 746. The molecule has 1 aromatic carbocycles. The quantitative estimate of drug-likeness (QED) is 0.420. The molecule has 0 aromatic heterocycles. The molecule has 1 aliphatic heterocycles. The van der Waals surface area contributed by atoms with Gasteiger partial charge in [0.05, 0.1) is 26.2 Å². The van der Waals surface area contributed by atoms with Gasteiger partial charge >= 0.3 is 0 Å². The van der Waals surface area contributed by atoms with Gasteiger partial charge < -0.3 is 14.2 Å². The molecule has 0 atom stereocenters. The van der Waals surface area contributed by atoms with E-state index in [0.29, 0.717) is 28.7 Å². The van der Waals surface area contributed by atoms with Crippen LogP contribution in [0, 0.1) is 0 Å². The molecule has 0 radical (unpaired) electrons. The molecular weight excluding hydrogens is 376 g/mol. The Hall–Kier alpha value is -2.15. The summed E-state index contributed by atoms with van der Waals surface area (Å²) in [5.41, 5.74) is 0.765. The molecule has 0 aliphatic carbocycles. The zero-order valence-electron chi connectivity index (χ0n) is 17.4. The predicted molar refractivity (Wildman–Crippen MR) is 115 cm³/mol. The normalized spacial score (nSPS) is 16.9. The van der Waals surface area contributed by atoms with Crippen LogP contribution in [0.1, 0.15) is 45.1 Å². The van der Waals surface area contributed by atoms with Crippen LogP contribution >= 0.6 is 11.8 Å². The minimum atomic E-state index is -0.00876. The average molecular weight is 407 g/mol. The molecule has 7 heteroatoms. The van der Waals surface area contributed by atoms with E-state index in [0.717, 1.165) is 43.0 Å². The molecule has 6 nitrogen and oxygen atoms in total. The first-order valence-electron chi connectivity index (χ1n) is 9.66. The Balaban J connectivity index is 2.39. The standard InChI is InChI=1S/C21H30N2O4S/c1-6-8-12-22-21-23(13-9-7-2)20(24)17(28-21)14-15-10-11-16(25-3)19(27-5)18(15)26-4/h10-11,14H,6-9,12-13H2,1-5H3/b17-14-,22-21?. The van der Waals surface area contributed by atoms with Gasteiger partial charge in [-0.25, -0.2) is 0 Å². The Labute approximate surface area is 171 Å². The number of hydrogen-bond donors (Lipinski definition) is 0. The van der Waals surface area contributed by atoms with Gasteiger partial charge in [0.15, 0.2) is 16.7 Å². The first-order chi connectivity index (χ1) is 13.6. The number of carbonyl (C=O) groups excluding carboxylic acids is 1. The second-order valence-corrected chi connectivity index (χ2v) is 7.37. The van der Waals surface area contributed by atoms with Crippen LogP contribution in [0.15, 0.2) is 22.0 Å². The Morgan fingerprint density at radius 3 is 2.36 bits per heavy atom. The lowest BCUT2D eigenvalue weighted by Gasteiger charge is -2.15. The summed E-state index contributed by atoms with van der Waals surface area (Å²) in [5.74, 6) is 1.62. The fourth-order valence-corrected chi connectivity index (χ4v) is 3.87. The molecule has 0 spiro atoms. The molecule has 0 N–H and O–H groups in total. The summed E-state index contributed by atoms with van der Waals surface area (Å²) >= 11 is 1.43. The number of benzene rings is 1. The van der Waals surface area contributed by atoms with E-state index in [2.05, 4.69) is 18.8 Å². The van der Waals surface area contributed by atoms with E-state index in [1.54, 1.807) is 26.2 Å². The van der Waals surface area contributed by atoms with E-state index in [1.807, 2.05) is 18.2 Å². The van der Waals surface area contributed by atoms with Crippen molar-refractivity contribution >= 4 is 28.9 Å². The number of aliphatic imine (C=N–C) groups is 1. The highest BCUT2D eigenvalue weighted by atomic mass is 32.2. The van der Waals surface area contributed by atoms with Crippen molar-refractivity contribution in [3.63, 3.8) is 0 Å². The molecular formula is C21H30N2O4S. The molecule has 0 unspecified atom stereocenters. The third-order valence-electron chi connectivity index (χ3n) is 4.40. The van der Waals surface area contributed by atoms with Crippen LogP contribution in [-0.4, -0.2) is 50.4 Å². The fraction of sp³-hybridized carbons (Fsp3) is 0.524. The van der Waals surface area contributed by atoms with Gasteiger partial charge in [-0.1, -0.05) is 26.7 Å². The number of ether oxygens (including phenoxy) is 3. The summed E-state index contributed by atoms with van der Waals surface area (Å²) in [6.45, 7) is 5.68. The number of rotatable bonds is 10. The van der Waals surface area contributed by atoms with Crippen molar-refractivity contribution in [2.45, 2.75) is 39.5 Å². The molecule has 1 fully saturated rings. The van der Waals surface area contributed by atoms with Gasteiger partial charge in [0, 0.05) is 18.7 Å². The van der Waals surface area contributed by atoms with Crippen LogP contribution in [0.25, 0.3) is 6.08 Å². The van der Waals surface area contributed by atoms with E-state index < -0.39 is 0 Å². The zero-order valence-corrected chi connectivity index (χ0v) is 18.2. The van der Waals surface area contributed by atoms with Crippen LogP contribution < -0.4 is 14.2 Å². The zero-order chi connectivity index (χ0) is 20.5. The molecule has 1 aliphatic rings. The van der Waals surface area contributed by atoms with E-state index >= 15 is 0 Å². The minimum absolute atomic E-state index is 0.00876. The number of thioether (sulfide) groups is 1. The van der Waals surface area contributed by atoms with Crippen molar-refractivity contribution in [3.05, 3.63) is 22.6 Å². The van der Waals surface area contributed by atoms with Crippen LogP contribution in [0.5, 0.6) is 17.2 Å². The van der Waals surface area contributed by atoms with Crippen molar-refractivity contribution in [1.29, 1.82) is 0 Å². The second-order valence-electron chi connectivity index (χ2n) is 6.36. The predicted octanol–water partition coefficient (Wildman–Crippen LogP) is 4.58. The molecule has 1 saturated heterocycles. The molecule has 1 heterocycles. The lowest BCUT2D eigenvalue weighted by molar-refractivity contribution is -0.122. The van der Waals surface area contributed by atoms with E-state index in [1.165, 1.54) is 11.8 Å². The van der Waals surface area contributed by atoms with E-state index in [-0.39, 0.29) is 5.91 Å². The van der Waals surface area contributed by atoms with Crippen LogP contribution in [0.2, 0.25) is 0 Å². The van der Waals surface area contributed by atoms with E-state index in [9.17, 15) is 4.79 Å². The van der Waals surface area contributed by atoms with Gasteiger partial charge in [-0.15, -0.1) is 0 Å². The second kappa shape index (κ2) is 11.0. The summed E-state index contributed by atoms with van der Waals surface area (Å²) in [6, 6.07) is 3.67. The van der Waals surface area contributed by atoms with Crippen molar-refractivity contribution < 1.29 is 19.0 Å². The van der Waals surface area contributed by atoms with Crippen molar-refractivity contribution in [3.8, 4) is 17.2 Å². The largest absolute Gasteiger partial charge is 0.493 e. The number of methoxy groups -OCH3 is 3. The minimum Gasteiger partial charge on any atom is -0.493 e. The highest BCUT2D eigenvalue weighted by Crippen LogP contribution is 2.42. The monoisotopic (exact) mass is 406 g/mol. The lowest BCUT2D eigenvalue weighted by atomic mass is 10.1. The van der Waals surface area contributed by atoms with Crippen molar-refractivity contribution in [2.75, 3.05) is 34.4 Å². The van der Waals surface area contributed by atoms with Crippen molar-refractivity contribution in [1.82, 2.24) is 4.90 Å². The average Bonchev–Trinajstić information content (AvgIpc) is 3.00. The summed E-state index contributed by atoms with van der Waals surface area (Å²) in [6.07, 6.45) is 5.92. The molecule has 0 saturated carbocycles. The SMILES string of the molecule is CCCCN=C1S/C(=C\c2ccc(OC)c(OC)c2OC)C(=O)N1CCCC. The van der Waals surface area contributed by atoms with Crippen molar-refractivity contribution in [2.24, 2.45) is 4.99 Å². The summed E-state index contributed by atoms with van der Waals surface area (Å²) < 4.78 is 16.3. The maximum absolute atomic E-state index is 13.0. The summed E-state index contributed by atoms with van der Waals surface area (Å²) in [5, 5.41) is 0.789. The highest BCUT2D eigenvalue weighted by molar-refractivity contribution is 8.18. The third-order valence-corrected chi connectivity index (χ3v) is 5.45. The summed E-state index contributed by atoms with van der Waals surface area (Å²) in [4.78, 5) is 20.1. The van der Waals surface area contributed by atoms with Gasteiger partial charge in [0.25, 0.3) is 5.91 Å². The molecule has 154 valence electrons. The first-order valence-corrected chi connectivity index (χ1v) is 10.5. The summed E-state index contributed by atoms with van der Waals surface area (Å²) in [7, 11) is 4.72. The number of amides is 1. The molecule has 0 bridgehead atoms. The Kier molecular flexibility index (Phi) is 8.70. The van der Waals surface area contributed by atoms with Gasteiger partial charge in [-0.05, 0) is 42.8 Å². The van der Waals surface area contributed by atoms with Crippen LogP contribution in [0.3, 0.4) is 0 Å². The first kappa shape index (κ1) is 22.1. The number of amidine groups is 1. The molecule has 2 rings (SSSR count). The van der Waals surface area contributed by atoms with Gasteiger partial charge in [-0.2, -0.15) is 0 Å². The lowest BCUT2D eigenvalue weighted by Crippen LogP contribution is -2.30. The molecule has 28 heavy (non-hydrogen) atoms. The van der Waals surface area contributed by atoms with E-state index in [4.69, 9.17) is 14.2 Å². The van der Waals surface area contributed by atoms with Gasteiger partial charge in [0.1, 0.15) is 0 Å². The maximum atomic E-state index is 13.0. The number of nitrogens with zero attached hydrogens (tertiary/aromatic N) is 2. The Morgan fingerprint density at radius 2 is 1.75 bits per heavy atom.